The fraction of sp³-hybridized carbons (Fsp3) is 0.0909. The zero-order valence-electron chi connectivity index (χ0n) is 7.16. The summed E-state index contributed by atoms with van der Waals surface area (Å²) in [6.07, 6.45) is 3.93. The Morgan fingerprint density at radius 1 is 1.33 bits per heavy atom. The average molecular weight is 176 g/mol. The van der Waals surface area contributed by atoms with Crippen LogP contribution in [0.4, 0.5) is 0 Å². The molecule has 1 rings (SSSR count). The van der Waals surface area contributed by atoms with Crippen molar-refractivity contribution in [3.63, 3.8) is 0 Å². The van der Waals surface area contributed by atoms with E-state index < -0.39 is 0 Å². The summed E-state index contributed by atoms with van der Waals surface area (Å²) in [5.41, 5.74) is 0. The highest BCUT2D eigenvalue weighted by Crippen LogP contribution is 2.26. The highest BCUT2D eigenvalue weighted by atomic mass is 32.2. The van der Waals surface area contributed by atoms with Gasteiger partial charge in [0.1, 0.15) is 0 Å². The van der Waals surface area contributed by atoms with Gasteiger partial charge < -0.3 is 0 Å². The van der Waals surface area contributed by atoms with Gasteiger partial charge in [0.15, 0.2) is 0 Å². The lowest BCUT2D eigenvalue weighted by Gasteiger charge is -1.99. The second-order valence-corrected chi connectivity index (χ2v) is 3.46. The van der Waals surface area contributed by atoms with Gasteiger partial charge in [-0.2, -0.15) is 0 Å². The Labute approximate surface area is 78.0 Å². The molecule has 1 aromatic rings. The van der Waals surface area contributed by atoms with Crippen LogP contribution >= 0.6 is 11.8 Å². The summed E-state index contributed by atoms with van der Waals surface area (Å²) in [5.74, 6) is 0. The van der Waals surface area contributed by atoms with E-state index in [4.69, 9.17) is 0 Å². The van der Waals surface area contributed by atoms with E-state index in [1.165, 1.54) is 9.80 Å². The molecule has 0 bridgehead atoms. The Hall–Kier alpha value is -0.950. The van der Waals surface area contributed by atoms with Gasteiger partial charge in [0.25, 0.3) is 0 Å². The van der Waals surface area contributed by atoms with Gasteiger partial charge in [0, 0.05) is 9.80 Å². The maximum absolute atomic E-state index is 3.74. The lowest BCUT2D eigenvalue weighted by molar-refractivity contribution is 1.47. The number of allylic oxidation sites excluding steroid dienone is 2. The number of thioether (sulfide) groups is 1. The van der Waals surface area contributed by atoms with Crippen LogP contribution in [-0.2, 0) is 0 Å². The minimum Gasteiger partial charge on any atom is -0.0980 e. The summed E-state index contributed by atoms with van der Waals surface area (Å²) in [6.45, 7) is 5.76. The second-order valence-electron chi connectivity index (χ2n) is 2.31. The maximum Gasteiger partial charge on any atom is 0.0122 e. The molecule has 0 aliphatic heterocycles. The fourth-order valence-electron chi connectivity index (χ4n) is 0.843. The van der Waals surface area contributed by atoms with Gasteiger partial charge in [0.2, 0.25) is 0 Å². The van der Waals surface area contributed by atoms with E-state index in [9.17, 15) is 0 Å². The van der Waals surface area contributed by atoms with Crippen LogP contribution in [0.2, 0.25) is 0 Å². The molecule has 0 aliphatic rings. The van der Waals surface area contributed by atoms with Crippen LogP contribution in [0.5, 0.6) is 0 Å². The number of benzene rings is 1. The molecule has 0 nitrogen and oxygen atoms in total. The van der Waals surface area contributed by atoms with Gasteiger partial charge in [-0.15, -0.1) is 0 Å². The van der Waals surface area contributed by atoms with Crippen LogP contribution in [0.25, 0.3) is 0 Å². The van der Waals surface area contributed by atoms with Crippen LogP contribution in [0.15, 0.2) is 58.9 Å². The van der Waals surface area contributed by atoms with Gasteiger partial charge in [-0.3, -0.25) is 0 Å². The van der Waals surface area contributed by atoms with Crippen molar-refractivity contribution >= 4 is 11.8 Å². The Morgan fingerprint density at radius 2 is 2.00 bits per heavy atom. The van der Waals surface area contributed by atoms with Crippen molar-refractivity contribution in [2.75, 3.05) is 0 Å². The van der Waals surface area contributed by atoms with E-state index in [0.29, 0.717) is 0 Å². The third kappa shape index (κ3) is 2.59. The van der Waals surface area contributed by atoms with Crippen molar-refractivity contribution < 1.29 is 0 Å². The van der Waals surface area contributed by atoms with E-state index in [-0.39, 0.29) is 0 Å². The van der Waals surface area contributed by atoms with Crippen molar-refractivity contribution in [2.24, 2.45) is 0 Å². The predicted octanol–water partition coefficient (Wildman–Crippen LogP) is 3.87. The minimum atomic E-state index is 1.20. The highest BCUT2D eigenvalue weighted by Gasteiger charge is 1.93. The lowest BCUT2D eigenvalue weighted by Crippen LogP contribution is -1.70. The smallest absolute Gasteiger partial charge is 0.0122 e. The molecule has 62 valence electrons. The van der Waals surface area contributed by atoms with Gasteiger partial charge in [0.05, 0.1) is 0 Å². The standard InChI is InChI=1S/C11H12S/c1-3-10(4-2)12-11-8-6-5-7-9-11/h3-9H,1H2,2H3/b10-4+. The molecule has 0 spiro atoms. The summed E-state index contributed by atoms with van der Waals surface area (Å²) in [5, 5.41) is 0. The Kier molecular flexibility index (Phi) is 3.68. The van der Waals surface area contributed by atoms with E-state index in [1.807, 2.05) is 31.2 Å². The van der Waals surface area contributed by atoms with Crippen molar-refractivity contribution in [3.8, 4) is 0 Å². The van der Waals surface area contributed by atoms with Crippen molar-refractivity contribution in [2.45, 2.75) is 11.8 Å². The predicted molar refractivity (Wildman–Crippen MR) is 56.3 cm³/mol. The van der Waals surface area contributed by atoms with Gasteiger partial charge in [-0.25, -0.2) is 0 Å². The summed E-state index contributed by atoms with van der Waals surface area (Å²) >= 11 is 1.73. The maximum atomic E-state index is 3.74. The van der Waals surface area contributed by atoms with Crippen LogP contribution in [0.3, 0.4) is 0 Å². The monoisotopic (exact) mass is 176 g/mol. The molecule has 1 heteroatoms. The average Bonchev–Trinajstić information content (AvgIpc) is 2.16. The molecule has 0 N–H and O–H groups in total. The van der Waals surface area contributed by atoms with E-state index in [0.717, 1.165) is 0 Å². The summed E-state index contributed by atoms with van der Waals surface area (Å²) in [7, 11) is 0. The van der Waals surface area contributed by atoms with Crippen molar-refractivity contribution in [1.29, 1.82) is 0 Å². The molecular weight excluding hydrogens is 164 g/mol. The van der Waals surface area contributed by atoms with Gasteiger partial charge in [-0.05, 0) is 19.1 Å². The third-order valence-electron chi connectivity index (χ3n) is 1.46. The van der Waals surface area contributed by atoms with Crippen molar-refractivity contribution in [3.05, 3.63) is 54.0 Å². The molecule has 0 saturated carbocycles. The number of rotatable bonds is 3. The highest BCUT2D eigenvalue weighted by molar-refractivity contribution is 8.03. The molecule has 0 aromatic heterocycles. The summed E-state index contributed by atoms with van der Waals surface area (Å²) < 4.78 is 0. The quantitative estimate of drug-likeness (QED) is 0.497. The van der Waals surface area contributed by atoms with E-state index >= 15 is 0 Å². The summed E-state index contributed by atoms with van der Waals surface area (Å²) in [6, 6.07) is 10.3. The molecular formula is C11H12S. The first-order valence-corrected chi connectivity index (χ1v) is 4.70. The number of hydrogen-bond acceptors (Lipinski definition) is 1. The Balaban J connectivity index is 2.70. The molecule has 0 saturated heterocycles. The SMILES string of the molecule is C=C/C(=C\C)Sc1ccccc1. The first-order chi connectivity index (χ1) is 5.86. The lowest BCUT2D eigenvalue weighted by atomic mass is 10.4. The van der Waals surface area contributed by atoms with Crippen LogP contribution < -0.4 is 0 Å². The normalized spacial score (nSPS) is 11.2. The van der Waals surface area contributed by atoms with Gasteiger partial charge in [-0.1, -0.05) is 48.7 Å². The first-order valence-electron chi connectivity index (χ1n) is 3.88. The zero-order chi connectivity index (χ0) is 8.81. The second kappa shape index (κ2) is 4.83. The Morgan fingerprint density at radius 3 is 2.50 bits per heavy atom. The topological polar surface area (TPSA) is 0 Å². The molecule has 0 unspecified atom stereocenters. The van der Waals surface area contributed by atoms with E-state index in [1.54, 1.807) is 11.8 Å². The number of hydrogen-bond donors (Lipinski definition) is 0. The minimum absolute atomic E-state index is 1.20. The van der Waals surface area contributed by atoms with Gasteiger partial charge >= 0.3 is 0 Å². The Bertz CT molecular complexity index is 272. The molecule has 0 atom stereocenters. The molecule has 0 fully saturated rings. The summed E-state index contributed by atoms with van der Waals surface area (Å²) in [4.78, 5) is 2.45. The molecule has 0 radical (unpaired) electrons. The van der Waals surface area contributed by atoms with E-state index in [2.05, 4.69) is 24.8 Å². The molecule has 0 amide bonds. The molecule has 1 aromatic carbocycles. The van der Waals surface area contributed by atoms with Crippen LogP contribution in [0.1, 0.15) is 6.92 Å². The first kappa shape index (κ1) is 9.14. The molecule has 0 heterocycles. The third-order valence-corrected chi connectivity index (χ3v) is 2.61. The van der Waals surface area contributed by atoms with Crippen LogP contribution in [-0.4, -0.2) is 0 Å². The van der Waals surface area contributed by atoms with Crippen LogP contribution in [0, 0.1) is 0 Å². The molecule has 12 heavy (non-hydrogen) atoms. The largest absolute Gasteiger partial charge is 0.0980 e. The molecule has 0 aliphatic carbocycles. The fourth-order valence-corrected chi connectivity index (χ4v) is 1.61. The van der Waals surface area contributed by atoms with Crippen molar-refractivity contribution in [1.82, 2.24) is 0 Å². The zero-order valence-corrected chi connectivity index (χ0v) is 7.97.